The Morgan fingerprint density at radius 2 is 2.00 bits per heavy atom. The molecule has 0 aliphatic carbocycles. The highest BCUT2D eigenvalue weighted by Gasteiger charge is 2.26. The van der Waals surface area contributed by atoms with Crippen molar-refractivity contribution in [2.45, 2.75) is 13.3 Å². The van der Waals surface area contributed by atoms with Crippen LogP contribution in [0.4, 0.5) is 0 Å². The van der Waals surface area contributed by atoms with Crippen LogP contribution < -0.4 is 0 Å². The molecule has 0 radical (unpaired) electrons. The Morgan fingerprint density at radius 3 is 2.56 bits per heavy atom. The van der Waals surface area contributed by atoms with Crippen LogP contribution in [-0.4, -0.2) is 23.7 Å². The highest BCUT2D eigenvalue weighted by Crippen LogP contribution is 2.06. The van der Waals surface area contributed by atoms with E-state index in [4.69, 9.17) is 5.11 Å². The van der Waals surface area contributed by atoms with Crippen LogP contribution in [0.1, 0.15) is 18.9 Å². The summed E-state index contributed by atoms with van der Waals surface area (Å²) in [5.74, 6) is 2.32. The monoisotopic (exact) mass is 246 g/mol. The van der Waals surface area contributed by atoms with Crippen LogP contribution in [0, 0.1) is 17.8 Å². The van der Waals surface area contributed by atoms with Crippen LogP contribution in [0.25, 0.3) is 0 Å². The van der Waals surface area contributed by atoms with Gasteiger partial charge >= 0.3 is 11.9 Å². The van der Waals surface area contributed by atoms with Crippen LogP contribution >= 0.6 is 0 Å². The molecule has 4 nitrogen and oxygen atoms in total. The van der Waals surface area contributed by atoms with Crippen molar-refractivity contribution >= 4 is 11.9 Å². The number of rotatable bonds is 4. The fourth-order valence-corrected chi connectivity index (χ4v) is 1.29. The zero-order chi connectivity index (χ0) is 13.4. The van der Waals surface area contributed by atoms with Gasteiger partial charge in [0.25, 0.3) is 0 Å². The molecule has 0 fully saturated rings. The molecule has 94 valence electrons. The Morgan fingerprint density at radius 1 is 1.33 bits per heavy atom. The zero-order valence-electron chi connectivity index (χ0n) is 10.1. The van der Waals surface area contributed by atoms with E-state index in [-0.39, 0.29) is 13.0 Å². The van der Waals surface area contributed by atoms with Crippen LogP contribution in [0.5, 0.6) is 0 Å². The molecule has 0 aliphatic heterocycles. The van der Waals surface area contributed by atoms with Gasteiger partial charge in [-0.25, -0.2) is 0 Å². The first kappa shape index (κ1) is 13.8. The number of benzene rings is 1. The second-order valence-corrected chi connectivity index (χ2v) is 3.51. The lowest BCUT2D eigenvalue weighted by molar-refractivity contribution is -0.158. The zero-order valence-corrected chi connectivity index (χ0v) is 10.1. The van der Waals surface area contributed by atoms with E-state index in [1.165, 1.54) is 0 Å². The van der Waals surface area contributed by atoms with E-state index in [9.17, 15) is 9.59 Å². The summed E-state index contributed by atoms with van der Waals surface area (Å²) in [5.41, 5.74) is 0.783. The lowest BCUT2D eigenvalue weighted by Crippen LogP contribution is -2.25. The molecule has 0 bridgehead atoms. The summed E-state index contributed by atoms with van der Waals surface area (Å²) >= 11 is 0. The SMILES string of the molecule is CCOC(=O)C(CC#Cc1ccccc1)C(=O)O. The van der Waals surface area contributed by atoms with Gasteiger partial charge in [0.1, 0.15) is 0 Å². The lowest BCUT2D eigenvalue weighted by Gasteiger charge is -2.07. The number of aliphatic carboxylic acids is 1. The molecule has 1 unspecified atom stereocenters. The van der Waals surface area contributed by atoms with Crippen LogP contribution in [0.3, 0.4) is 0 Å². The van der Waals surface area contributed by atoms with E-state index in [0.717, 1.165) is 5.56 Å². The molecule has 18 heavy (non-hydrogen) atoms. The second kappa shape index (κ2) is 7.13. The fraction of sp³-hybridized carbons (Fsp3) is 0.286. The maximum absolute atomic E-state index is 11.4. The topological polar surface area (TPSA) is 63.6 Å². The molecule has 1 aromatic rings. The van der Waals surface area contributed by atoms with E-state index >= 15 is 0 Å². The standard InChI is InChI=1S/C14H14O4/c1-2-18-14(17)12(13(15)16)10-6-9-11-7-4-3-5-8-11/h3-5,7-8,12H,2,10H2,1H3,(H,15,16). The van der Waals surface area contributed by atoms with Gasteiger partial charge in [0.05, 0.1) is 6.61 Å². The minimum absolute atomic E-state index is 0.0525. The summed E-state index contributed by atoms with van der Waals surface area (Å²) in [5, 5.41) is 8.90. The van der Waals surface area contributed by atoms with Gasteiger partial charge in [-0.2, -0.15) is 0 Å². The summed E-state index contributed by atoms with van der Waals surface area (Å²) in [6.45, 7) is 1.79. The molecule has 1 N–H and O–H groups in total. The summed E-state index contributed by atoms with van der Waals surface area (Å²) in [6.07, 6.45) is -0.0525. The Kier molecular flexibility index (Phi) is 5.46. The van der Waals surface area contributed by atoms with Crippen LogP contribution in [-0.2, 0) is 14.3 Å². The highest BCUT2D eigenvalue weighted by atomic mass is 16.5. The van der Waals surface area contributed by atoms with E-state index in [2.05, 4.69) is 16.6 Å². The molecule has 0 aromatic heterocycles. The Labute approximate surface area is 106 Å². The molecule has 0 saturated heterocycles. The molecule has 0 spiro atoms. The average molecular weight is 246 g/mol. The molecule has 1 aromatic carbocycles. The molecular weight excluding hydrogens is 232 g/mol. The van der Waals surface area contributed by atoms with Gasteiger partial charge in [-0.15, -0.1) is 0 Å². The quantitative estimate of drug-likeness (QED) is 0.499. The first-order valence-corrected chi connectivity index (χ1v) is 5.58. The molecule has 0 aliphatic rings. The second-order valence-electron chi connectivity index (χ2n) is 3.51. The maximum atomic E-state index is 11.4. The summed E-state index contributed by atoms with van der Waals surface area (Å²) in [6, 6.07) is 9.16. The first-order valence-electron chi connectivity index (χ1n) is 5.58. The van der Waals surface area contributed by atoms with E-state index < -0.39 is 17.9 Å². The van der Waals surface area contributed by atoms with Gasteiger partial charge in [-0.05, 0) is 19.1 Å². The number of carbonyl (C=O) groups excluding carboxylic acids is 1. The minimum atomic E-state index is -1.22. The van der Waals surface area contributed by atoms with Crippen molar-refractivity contribution in [1.29, 1.82) is 0 Å². The molecule has 0 heterocycles. The average Bonchev–Trinajstić information content (AvgIpc) is 2.35. The summed E-state index contributed by atoms with van der Waals surface area (Å²) in [4.78, 5) is 22.2. The van der Waals surface area contributed by atoms with Crippen molar-refractivity contribution in [2.24, 2.45) is 5.92 Å². The Bertz CT molecular complexity index is 468. The summed E-state index contributed by atoms with van der Waals surface area (Å²) in [7, 11) is 0. The van der Waals surface area contributed by atoms with Crippen LogP contribution in [0.2, 0.25) is 0 Å². The Balaban J connectivity index is 2.66. The fourth-order valence-electron chi connectivity index (χ4n) is 1.29. The third kappa shape index (κ3) is 4.30. The van der Waals surface area contributed by atoms with Gasteiger partial charge in [0.15, 0.2) is 5.92 Å². The molecule has 4 heteroatoms. The number of esters is 1. The number of ether oxygens (including phenoxy) is 1. The molecule has 0 amide bonds. The van der Waals surface area contributed by atoms with E-state index in [0.29, 0.717) is 0 Å². The van der Waals surface area contributed by atoms with Crippen molar-refractivity contribution in [3.63, 3.8) is 0 Å². The van der Waals surface area contributed by atoms with Crippen LogP contribution in [0.15, 0.2) is 30.3 Å². The number of carbonyl (C=O) groups is 2. The Hall–Kier alpha value is -2.28. The van der Waals surface area contributed by atoms with E-state index in [1.807, 2.05) is 30.3 Å². The van der Waals surface area contributed by atoms with E-state index in [1.54, 1.807) is 6.92 Å². The van der Waals surface area contributed by atoms with Gasteiger partial charge < -0.3 is 9.84 Å². The number of carboxylic acids is 1. The van der Waals surface area contributed by atoms with Crippen molar-refractivity contribution < 1.29 is 19.4 Å². The smallest absolute Gasteiger partial charge is 0.321 e. The number of hydrogen-bond acceptors (Lipinski definition) is 3. The third-order valence-corrected chi connectivity index (χ3v) is 2.18. The minimum Gasteiger partial charge on any atom is -0.481 e. The van der Waals surface area contributed by atoms with Crippen molar-refractivity contribution in [3.05, 3.63) is 35.9 Å². The van der Waals surface area contributed by atoms with Crippen molar-refractivity contribution in [2.75, 3.05) is 6.61 Å². The maximum Gasteiger partial charge on any atom is 0.321 e. The summed E-state index contributed by atoms with van der Waals surface area (Å²) < 4.78 is 4.68. The lowest BCUT2D eigenvalue weighted by atomic mass is 10.1. The van der Waals surface area contributed by atoms with Gasteiger partial charge in [0, 0.05) is 12.0 Å². The molecule has 1 rings (SSSR count). The van der Waals surface area contributed by atoms with Gasteiger partial charge in [-0.1, -0.05) is 30.0 Å². The third-order valence-electron chi connectivity index (χ3n) is 2.18. The largest absolute Gasteiger partial charge is 0.481 e. The van der Waals surface area contributed by atoms with Gasteiger partial charge in [-0.3, -0.25) is 9.59 Å². The predicted molar refractivity (Wildman–Crippen MR) is 65.7 cm³/mol. The van der Waals surface area contributed by atoms with Crippen molar-refractivity contribution in [1.82, 2.24) is 0 Å². The van der Waals surface area contributed by atoms with Gasteiger partial charge in [0.2, 0.25) is 0 Å². The number of carboxylic acid groups (broad SMARTS) is 1. The molecule has 1 atom stereocenters. The predicted octanol–water partition coefficient (Wildman–Crippen LogP) is 1.69. The molecular formula is C14H14O4. The van der Waals surface area contributed by atoms with Crippen molar-refractivity contribution in [3.8, 4) is 11.8 Å². The highest BCUT2D eigenvalue weighted by molar-refractivity contribution is 5.94. The number of hydrogen-bond donors (Lipinski definition) is 1. The molecule has 0 saturated carbocycles. The normalized spacial score (nSPS) is 10.9. The first-order chi connectivity index (χ1) is 8.65.